The van der Waals surface area contributed by atoms with Crippen molar-refractivity contribution >= 4 is 11.8 Å². The van der Waals surface area contributed by atoms with Gasteiger partial charge in [-0.1, -0.05) is 24.6 Å². The molecule has 144 valence electrons. The van der Waals surface area contributed by atoms with Crippen molar-refractivity contribution in [3.63, 3.8) is 0 Å². The van der Waals surface area contributed by atoms with Crippen LogP contribution in [0.1, 0.15) is 54.7 Å². The van der Waals surface area contributed by atoms with Crippen molar-refractivity contribution < 1.29 is 9.53 Å². The highest BCUT2D eigenvalue weighted by molar-refractivity contribution is 5.88. The average Bonchev–Trinajstić information content (AvgIpc) is 2.69. The van der Waals surface area contributed by atoms with Crippen molar-refractivity contribution in [1.29, 1.82) is 5.26 Å². The molecule has 1 aromatic carbocycles. The molecule has 1 saturated heterocycles. The fourth-order valence-electron chi connectivity index (χ4n) is 3.90. The molecule has 0 spiro atoms. The zero-order valence-corrected chi connectivity index (χ0v) is 15.8. The van der Waals surface area contributed by atoms with Crippen molar-refractivity contribution in [2.75, 3.05) is 18.5 Å². The van der Waals surface area contributed by atoms with Crippen LogP contribution in [0.3, 0.4) is 0 Å². The Morgan fingerprint density at radius 1 is 1.14 bits per heavy atom. The molecule has 2 amide bonds. The monoisotopic (exact) mass is 376 g/mol. The van der Waals surface area contributed by atoms with Gasteiger partial charge in [0.15, 0.2) is 0 Å². The maximum atomic E-state index is 12.7. The van der Waals surface area contributed by atoms with E-state index in [1.54, 1.807) is 12.1 Å². The molecule has 0 unspecified atom stereocenters. The molecule has 1 aliphatic carbocycles. The first kappa shape index (κ1) is 18.5. The van der Waals surface area contributed by atoms with Crippen LogP contribution in [-0.2, 0) is 10.3 Å². The van der Waals surface area contributed by atoms with E-state index >= 15 is 0 Å². The fourth-order valence-corrected chi connectivity index (χ4v) is 3.90. The largest absolute Gasteiger partial charge is 0.381 e. The Balaban J connectivity index is 1.46. The SMILES string of the molecule is N#Cc1ccc(C2(NC(=O)Nc3ccc(C4CCC4)cn3)CCOCC2)cc1. The van der Waals surface area contributed by atoms with Gasteiger partial charge in [0.1, 0.15) is 5.82 Å². The van der Waals surface area contributed by atoms with Crippen LogP contribution in [0.25, 0.3) is 0 Å². The van der Waals surface area contributed by atoms with Gasteiger partial charge in [-0.2, -0.15) is 5.26 Å². The van der Waals surface area contributed by atoms with Gasteiger partial charge in [0.2, 0.25) is 0 Å². The normalized spacial score (nSPS) is 18.5. The number of carbonyl (C=O) groups is 1. The van der Waals surface area contributed by atoms with Gasteiger partial charge in [0.05, 0.1) is 17.2 Å². The van der Waals surface area contributed by atoms with E-state index in [1.807, 2.05) is 24.4 Å². The maximum absolute atomic E-state index is 12.7. The Morgan fingerprint density at radius 3 is 2.46 bits per heavy atom. The van der Waals surface area contributed by atoms with Gasteiger partial charge in [-0.15, -0.1) is 0 Å². The maximum Gasteiger partial charge on any atom is 0.321 e. The molecule has 2 aliphatic rings. The second-order valence-electron chi connectivity index (χ2n) is 7.57. The van der Waals surface area contributed by atoms with Gasteiger partial charge in [-0.25, -0.2) is 9.78 Å². The summed E-state index contributed by atoms with van der Waals surface area (Å²) in [4.78, 5) is 17.1. The molecular weight excluding hydrogens is 352 g/mol. The highest BCUT2D eigenvalue weighted by atomic mass is 16.5. The summed E-state index contributed by atoms with van der Waals surface area (Å²) in [5.41, 5.74) is 2.32. The number of pyridine rings is 1. The number of nitriles is 1. The summed E-state index contributed by atoms with van der Waals surface area (Å²) in [5, 5.41) is 15.0. The van der Waals surface area contributed by atoms with E-state index in [2.05, 4.69) is 27.8 Å². The third-order valence-corrected chi connectivity index (χ3v) is 5.87. The number of hydrogen-bond acceptors (Lipinski definition) is 4. The van der Waals surface area contributed by atoms with Crippen molar-refractivity contribution in [3.8, 4) is 6.07 Å². The van der Waals surface area contributed by atoms with Crippen LogP contribution in [0.15, 0.2) is 42.6 Å². The molecule has 2 fully saturated rings. The Bertz CT molecular complexity index is 861. The molecule has 6 heteroatoms. The highest BCUT2D eigenvalue weighted by Gasteiger charge is 2.36. The van der Waals surface area contributed by atoms with Crippen molar-refractivity contribution in [2.24, 2.45) is 0 Å². The first-order chi connectivity index (χ1) is 13.7. The van der Waals surface area contributed by atoms with Crippen LogP contribution >= 0.6 is 0 Å². The molecule has 1 aliphatic heterocycles. The Morgan fingerprint density at radius 2 is 1.89 bits per heavy atom. The first-order valence-corrected chi connectivity index (χ1v) is 9.82. The summed E-state index contributed by atoms with van der Waals surface area (Å²) in [6.07, 6.45) is 6.97. The van der Waals surface area contributed by atoms with Gasteiger partial charge in [0, 0.05) is 19.4 Å². The molecule has 1 aromatic heterocycles. The number of benzene rings is 1. The lowest BCUT2D eigenvalue weighted by Gasteiger charge is -2.38. The molecular formula is C22H24N4O2. The number of anilines is 1. The van der Waals surface area contributed by atoms with E-state index in [-0.39, 0.29) is 6.03 Å². The van der Waals surface area contributed by atoms with Gasteiger partial charge in [0.25, 0.3) is 0 Å². The summed E-state index contributed by atoms with van der Waals surface area (Å²) in [5.74, 6) is 1.17. The van der Waals surface area contributed by atoms with Crippen LogP contribution in [0.5, 0.6) is 0 Å². The lowest BCUT2D eigenvalue weighted by Crippen LogP contribution is -2.51. The summed E-state index contributed by atoms with van der Waals surface area (Å²) in [6.45, 7) is 1.16. The molecule has 2 aromatic rings. The third kappa shape index (κ3) is 3.85. The Labute approximate surface area is 164 Å². The number of carbonyl (C=O) groups excluding carboxylic acids is 1. The first-order valence-electron chi connectivity index (χ1n) is 9.82. The third-order valence-electron chi connectivity index (χ3n) is 5.87. The number of rotatable bonds is 4. The molecule has 0 radical (unpaired) electrons. The van der Waals surface area contributed by atoms with E-state index in [0.29, 0.717) is 43.4 Å². The smallest absolute Gasteiger partial charge is 0.321 e. The molecule has 2 heterocycles. The Kier molecular flexibility index (Phi) is 5.27. The number of amides is 2. The number of aromatic nitrogens is 1. The highest BCUT2D eigenvalue weighted by Crippen LogP contribution is 2.36. The molecule has 0 atom stereocenters. The van der Waals surface area contributed by atoms with E-state index < -0.39 is 5.54 Å². The zero-order valence-electron chi connectivity index (χ0n) is 15.8. The lowest BCUT2D eigenvalue weighted by molar-refractivity contribution is 0.0418. The van der Waals surface area contributed by atoms with Crippen LogP contribution in [-0.4, -0.2) is 24.2 Å². The number of ether oxygens (including phenoxy) is 1. The van der Waals surface area contributed by atoms with Crippen LogP contribution < -0.4 is 10.6 Å². The summed E-state index contributed by atoms with van der Waals surface area (Å²) in [6, 6.07) is 13.2. The van der Waals surface area contributed by atoms with Crippen molar-refractivity contribution in [3.05, 3.63) is 59.3 Å². The minimum atomic E-state index is -0.512. The second-order valence-corrected chi connectivity index (χ2v) is 7.57. The molecule has 1 saturated carbocycles. The van der Waals surface area contributed by atoms with E-state index in [0.717, 1.165) is 5.56 Å². The Hall–Kier alpha value is -2.91. The second kappa shape index (κ2) is 7.99. The minimum absolute atomic E-state index is 0.282. The number of urea groups is 1. The predicted octanol–water partition coefficient (Wildman–Crippen LogP) is 4.05. The minimum Gasteiger partial charge on any atom is -0.381 e. The topological polar surface area (TPSA) is 87.0 Å². The average molecular weight is 376 g/mol. The number of hydrogen-bond donors (Lipinski definition) is 2. The van der Waals surface area contributed by atoms with E-state index in [9.17, 15) is 4.79 Å². The van der Waals surface area contributed by atoms with E-state index in [4.69, 9.17) is 10.00 Å². The molecule has 6 nitrogen and oxygen atoms in total. The van der Waals surface area contributed by atoms with Crippen LogP contribution in [0, 0.1) is 11.3 Å². The van der Waals surface area contributed by atoms with E-state index in [1.165, 1.54) is 24.8 Å². The van der Waals surface area contributed by atoms with Gasteiger partial charge in [-0.3, -0.25) is 5.32 Å². The number of nitrogens with zero attached hydrogens (tertiary/aromatic N) is 2. The molecule has 2 N–H and O–H groups in total. The van der Waals surface area contributed by atoms with Crippen LogP contribution in [0.4, 0.5) is 10.6 Å². The lowest BCUT2D eigenvalue weighted by atomic mass is 9.81. The quantitative estimate of drug-likeness (QED) is 0.843. The summed E-state index contributed by atoms with van der Waals surface area (Å²) in [7, 11) is 0. The van der Waals surface area contributed by atoms with Crippen LogP contribution in [0.2, 0.25) is 0 Å². The van der Waals surface area contributed by atoms with Gasteiger partial charge < -0.3 is 10.1 Å². The zero-order chi connectivity index (χ0) is 19.4. The predicted molar refractivity (Wildman–Crippen MR) is 106 cm³/mol. The number of nitrogens with one attached hydrogen (secondary N) is 2. The molecule has 4 rings (SSSR count). The molecule has 28 heavy (non-hydrogen) atoms. The molecule has 0 bridgehead atoms. The van der Waals surface area contributed by atoms with Crippen molar-refractivity contribution in [1.82, 2.24) is 10.3 Å². The standard InChI is InChI=1S/C22H24N4O2/c23-14-16-4-7-19(8-5-16)22(10-12-28-13-11-22)26-21(27)25-20-9-6-18(15-24-20)17-2-1-3-17/h4-9,15,17H,1-3,10-13H2,(H2,24,25,26,27). The van der Waals surface area contributed by atoms with Gasteiger partial charge in [-0.05, 0) is 60.9 Å². The summed E-state index contributed by atoms with van der Waals surface area (Å²) < 4.78 is 5.51. The summed E-state index contributed by atoms with van der Waals surface area (Å²) >= 11 is 0. The van der Waals surface area contributed by atoms with Crippen molar-refractivity contribution in [2.45, 2.75) is 43.6 Å². The van der Waals surface area contributed by atoms with Gasteiger partial charge >= 0.3 is 6.03 Å². The fraction of sp³-hybridized carbons (Fsp3) is 0.409.